The van der Waals surface area contributed by atoms with Crippen LogP contribution in [0.5, 0.6) is 11.5 Å². The molecule has 0 bridgehead atoms. The molecule has 0 atom stereocenters. The van der Waals surface area contributed by atoms with Crippen LogP contribution >= 0.6 is 15.9 Å². The van der Waals surface area contributed by atoms with Gasteiger partial charge in [-0.05, 0) is 41.8 Å². The fourth-order valence-electron chi connectivity index (χ4n) is 2.37. The molecule has 0 radical (unpaired) electrons. The van der Waals surface area contributed by atoms with Crippen LogP contribution in [0.2, 0.25) is 0 Å². The Bertz CT molecular complexity index is 702. The zero-order chi connectivity index (χ0) is 18.1. The van der Waals surface area contributed by atoms with Crippen molar-refractivity contribution in [2.24, 2.45) is 4.99 Å². The van der Waals surface area contributed by atoms with Gasteiger partial charge in [0.1, 0.15) is 0 Å². The maximum absolute atomic E-state index is 5.34. The second-order valence-electron chi connectivity index (χ2n) is 5.42. The number of methoxy groups -OCH3 is 2. The first kappa shape index (κ1) is 19.1. The van der Waals surface area contributed by atoms with E-state index in [9.17, 15) is 0 Å². The molecule has 0 aliphatic rings. The Labute approximate surface area is 157 Å². The standard InChI is InChI=1S/C19H24BrN3O2/c1-21-19(23-13-15-4-7-16(20)8-5-15)22-11-10-14-6-9-17(24-2)18(12-14)25-3/h4-9,12H,10-11,13H2,1-3H3,(H2,21,22,23). The van der Waals surface area contributed by atoms with Crippen LogP contribution in [-0.2, 0) is 13.0 Å². The molecular formula is C19H24BrN3O2. The number of halogens is 1. The lowest BCUT2D eigenvalue weighted by Crippen LogP contribution is -2.37. The van der Waals surface area contributed by atoms with Gasteiger partial charge in [-0.25, -0.2) is 0 Å². The normalized spacial score (nSPS) is 11.1. The highest BCUT2D eigenvalue weighted by Gasteiger charge is 2.05. The van der Waals surface area contributed by atoms with Gasteiger partial charge in [-0.1, -0.05) is 34.1 Å². The van der Waals surface area contributed by atoms with E-state index in [4.69, 9.17) is 9.47 Å². The molecule has 0 amide bonds. The number of hydrogen-bond donors (Lipinski definition) is 2. The average molecular weight is 406 g/mol. The number of aliphatic imine (C=N–C) groups is 1. The third-order valence-corrected chi connectivity index (χ3v) is 4.28. The van der Waals surface area contributed by atoms with Crippen LogP contribution in [0, 0.1) is 0 Å². The van der Waals surface area contributed by atoms with E-state index in [-0.39, 0.29) is 0 Å². The van der Waals surface area contributed by atoms with E-state index in [0.717, 1.165) is 41.4 Å². The number of rotatable bonds is 7. The van der Waals surface area contributed by atoms with Crippen LogP contribution in [0.15, 0.2) is 51.9 Å². The highest BCUT2D eigenvalue weighted by Crippen LogP contribution is 2.27. The van der Waals surface area contributed by atoms with Gasteiger partial charge in [0, 0.05) is 24.6 Å². The maximum Gasteiger partial charge on any atom is 0.191 e. The van der Waals surface area contributed by atoms with Crippen molar-refractivity contribution < 1.29 is 9.47 Å². The number of guanidine groups is 1. The monoisotopic (exact) mass is 405 g/mol. The molecule has 0 saturated carbocycles. The molecule has 0 fully saturated rings. The van der Waals surface area contributed by atoms with Crippen molar-refractivity contribution in [1.29, 1.82) is 0 Å². The topological polar surface area (TPSA) is 54.9 Å². The minimum Gasteiger partial charge on any atom is -0.493 e. The van der Waals surface area contributed by atoms with Crippen molar-refractivity contribution in [3.8, 4) is 11.5 Å². The molecule has 0 unspecified atom stereocenters. The van der Waals surface area contributed by atoms with Crippen molar-refractivity contribution in [1.82, 2.24) is 10.6 Å². The molecule has 134 valence electrons. The summed E-state index contributed by atoms with van der Waals surface area (Å²) in [6.07, 6.45) is 0.860. The predicted octanol–water partition coefficient (Wildman–Crippen LogP) is 3.37. The van der Waals surface area contributed by atoms with Crippen LogP contribution in [0.25, 0.3) is 0 Å². The Kier molecular flexibility index (Phi) is 7.60. The molecule has 2 N–H and O–H groups in total. The number of nitrogens with zero attached hydrogens (tertiary/aromatic N) is 1. The molecule has 0 heterocycles. The van der Waals surface area contributed by atoms with Gasteiger partial charge >= 0.3 is 0 Å². The van der Waals surface area contributed by atoms with E-state index in [0.29, 0.717) is 0 Å². The molecule has 2 aromatic carbocycles. The summed E-state index contributed by atoms with van der Waals surface area (Å²) in [5.41, 5.74) is 2.37. The fourth-order valence-corrected chi connectivity index (χ4v) is 2.63. The maximum atomic E-state index is 5.34. The van der Waals surface area contributed by atoms with Crippen LogP contribution < -0.4 is 20.1 Å². The molecule has 0 aliphatic carbocycles. The number of hydrogen-bond acceptors (Lipinski definition) is 3. The summed E-state index contributed by atoms with van der Waals surface area (Å²) >= 11 is 3.44. The van der Waals surface area contributed by atoms with Crippen LogP contribution in [0.4, 0.5) is 0 Å². The highest BCUT2D eigenvalue weighted by molar-refractivity contribution is 9.10. The van der Waals surface area contributed by atoms with Crippen LogP contribution in [0.3, 0.4) is 0 Å². The summed E-state index contributed by atoms with van der Waals surface area (Å²) < 4.78 is 11.7. The molecule has 2 rings (SSSR count). The van der Waals surface area contributed by atoms with Crippen LogP contribution in [-0.4, -0.2) is 33.8 Å². The average Bonchev–Trinajstić information content (AvgIpc) is 2.65. The van der Waals surface area contributed by atoms with Gasteiger partial charge in [0.25, 0.3) is 0 Å². The first-order chi connectivity index (χ1) is 12.2. The van der Waals surface area contributed by atoms with E-state index in [2.05, 4.69) is 43.7 Å². The first-order valence-electron chi connectivity index (χ1n) is 8.06. The van der Waals surface area contributed by atoms with Gasteiger partial charge < -0.3 is 20.1 Å². The Hall–Kier alpha value is -2.21. The quantitative estimate of drug-likeness (QED) is 0.547. The van der Waals surface area contributed by atoms with Gasteiger partial charge in [0.15, 0.2) is 17.5 Å². The Morgan fingerprint density at radius 2 is 1.64 bits per heavy atom. The molecule has 0 aromatic heterocycles. The molecular weight excluding hydrogens is 382 g/mol. The third-order valence-electron chi connectivity index (χ3n) is 3.75. The summed E-state index contributed by atoms with van der Waals surface area (Å²) in [7, 11) is 5.06. The summed E-state index contributed by atoms with van der Waals surface area (Å²) in [6, 6.07) is 14.2. The lowest BCUT2D eigenvalue weighted by atomic mass is 10.1. The Morgan fingerprint density at radius 3 is 2.28 bits per heavy atom. The van der Waals surface area contributed by atoms with E-state index >= 15 is 0 Å². The molecule has 25 heavy (non-hydrogen) atoms. The van der Waals surface area contributed by atoms with E-state index < -0.39 is 0 Å². The van der Waals surface area contributed by atoms with Crippen molar-refractivity contribution in [3.63, 3.8) is 0 Å². The second-order valence-corrected chi connectivity index (χ2v) is 6.33. The molecule has 0 spiro atoms. The van der Waals surface area contributed by atoms with Gasteiger partial charge in [0.2, 0.25) is 0 Å². The summed E-state index contributed by atoms with van der Waals surface area (Å²) in [5, 5.41) is 6.63. The molecule has 5 nitrogen and oxygen atoms in total. The molecule has 0 aliphatic heterocycles. The minimum absolute atomic E-state index is 0.726. The zero-order valence-electron chi connectivity index (χ0n) is 14.8. The van der Waals surface area contributed by atoms with Crippen molar-refractivity contribution >= 4 is 21.9 Å². The predicted molar refractivity (Wildman–Crippen MR) is 106 cm³/mol. The number of benzene rings is 2. The SMILES string of the molecule is CN=C(NCCc1ccc(OC)c(OC)c1)NCc1ccc(Br)cc1. The Balaban J connectivity index is 1.82. The summed E-state index contributed by atoms with van der Waals surface area (Å²) in [6.45, 7) is 1.50. The molecule has 2 aromatic rings. The molecule has 6 heteroatoms. The number of ether oxygens (including phenoxy) is 2. The highest BCUT2D eigenvalue weighted by atomic mass is 79.9. The van der Waals surface area contributed by atoms with Gasteiger partial charge in [0.05, 0.1) is 14.2 Å². The Morgan fingerprint density at radius 1 is 0.960 bits per heavy atom. The first-order valence-corrected chi connectivity index (χ1v) is 8.85. The third kappa shape index (κ3) is 5.98. The largest absolute Gasteiger partial charge is 0.493 e. The summed E-state index contributed by atoms with van der Waals surface area (Å²) in [5.74, 6) is 2.27. The van der Waals surface area contributed by atoms with Crippen molar-refractivity contribution in [2.75, 3.05) is 27.8 Å². The van der Waals surface area contributed by atoms with Crippen LogP contribution in [0.1, 0.15) is 11.1 Å². The van der Waals surface area contributed by atoms with Gasteiger partial charge in [-0.2, -0.15) is 0 Å². The van der Waals surface area contributed by atoms with Crippen molar-refractivity contribution in [2.45, 2.75) is 13.0 Å². The lowest BCUT2D eigenvalue weighted by Gasteiger charge is -2.13. The fraction of sp³-hybridized carbons (Fsp3) is 0.316. The zero-order valence-corrected chi connectivity index (χ0v) is 16.4. The van der Waals surface area contributed by atoms with Gasteiger partial charge in [-0.15, -0.1) is 0 Å². The second kappa shape index (κ2) is 9.93. The minimum atomic E-state index is 0.726. The smallest absolute Gasteiger partial charge is 0.191 e. The number of nitrogens with one attached hydrogen (secondary N) is 2. The van der Waals surface area contributed by atoms with E-state index in [1.807, 2.05) is 30.3 Å². The van der Waals surface area contributed by atoms with E-state index in [1.54, 1.807) is 21.3 Å². The van der Waals surface area contributed by atoms with Crippen molar-refractivity contribution in [3.05, 3.63) is 58.1 Å². The molecule has 0 saturated heterocycles. The lowest BCUT2D eigenvalue weighted by molar-refractivity contribution is 0.354. The summed E-state index contributed by atoms with van der Waals surface area (Å²) in [4.78, 5) is 4.25. The van der Waals surface area contributed by atoms with Gasteiger partial charge in [-0.3, -0.25) is 4.99 Å². The van der Waals surface area contributed by atoms with E-state index in [1.165, 1.54) is 11.1 Å².